The first kappa shape index (κ1) is 31.9. The summed E-state index contributed by atoms with van der Waals surface area (Å²) >= 11 is 0. The van der Waals surface area contributed by atoms with Crippen molar-refractivity contribution in [1.82, 2.24) is 24.4 Å². The summed E-state index contributed by atoms with van der Waals surface area (Å²) in [6, 6.07) is 5.99. The number of imidazole rings is 1. The van der Waals surface area contributed by atoms with Crippen molar-refractivity contribution in [2.45, 2.75) is 89.8 Å². The Morgan fingerprint density at radius 1 is 1.11 bits per heavy atom. The molecule has 2 aliphatic carbocycles. The second kappa shape index (κ2) is 14.1. The quantitative estimate of drug-likeness (QED) is 0.231. The van der Waals surface area contributed by atoms with Gasteiger partial charge in [0.05, 0.1) is 39.3 Å². The molecule has 1 aromatic carbocycles. The molecule has 5 rings (SSSR count). The lowest BCUT2D eigenvalue weighted by molar-refractivity contribution is -0.143. The van der Waals surface area contributed by atoms with Gasteiger partial charge in [-0.2, -0.15) is 0 Å². The minimum absolute atomic E-state index is 0.101. The Bertz CT molecular complexity index is 1410. The van der Waals surface area contributed by atoms with Gasteiger partial charge in [0.2, 0.25) is 0 Å². The molecule has 44 heavy (non-hydrogen) atoms. The standard InChI is InChI=1S/C32H46N6O6/c1-6-44-27(39)10-7-20-11-23(12-20)37(19(2)3)16-22-13-25(30(41)29(22)40)38-18-36-28-31(34-17-35-32(28)38)33-15-21-8-9-24(42-4)14-26(21)43-5/h8-9,14,17-20,22-23,25,29-30,40-41H,6-7,10-13,15-16H2,1-5H3,(H,33,34,35). The van der Waals surface area contributed by atoms with Crippen LogP contribution in [0.15, 0.2) is 30.9 Å². The lowest BCUT2D eigenvalue weighted by atomic mass is 9.76. The Morgan fingerprint density at radius 3 is 2.61 bits per heavy atom. The van der Waals surface area contributed by atoms with Crippen LogP contribution in [0.25, 0.3) is 11.2 Å². The van der Waals surface area contributed by atoms with Gasteiger partial charge in [-0.15, -0.1) is 0 Å². The van der Waals surface area contributed by atoms with Crippen molar-refractivity contribution in [2.24, 2.45) is 11.8 Å². The summed E-state index contributed by atoms with van der Waals surface area (Å²) in [5.74, 6) is 2.28. The predicted octanol–water partition coefficient (Wildman–Crippen LogP) is 3.57. The molecule has 0 radical (unpaired) electrons. The number of anilines is 1. The number of rotatable bonds is 14. The number of nitrogens with one attached hydrogen (secondary N) is 1. The predicted molar refractivity (Wildman–Crippen MR) is 166 cm³/mol. The molecule has 2 aliphatic rings. The molecule has 0 spiro atoms. The summed E-state index contributed by atoms with van der Waals surface area (Å²) < 4.78 is 17.8. The van der Waals surface area contributed by atoms with E-state index in [4.69, 9.17) is 14.2 Å². The fourth-order valence-electron chi connectivity index (χ4n) is 6.77. The van der Waals surface area contributed by atoms with E-state index in [1.54, 1.807) is 20.5 Å². The van der Waals surface area contributed by atoms with E-state index in [-0.39, 0.29) is 17.9 Å². The highest BCUT2D eigenvalue weighted by molar-refractivity contribution is 5.82. The van der Waals surface area contributed by atoms with Crippen LogP contribution in [0.4, 0.5) is 5.82 Å². The molecule has 12 heteroatoms. The highest BCUT2D eigenvalue weighted by Gasteiger charge is 2.45. The van der Waals surface area contributed by atoms with Crippen LogP contribution < -0.4 is 14.8 Å². The van der Waals surface area contributed by atoms with Crippen LogP contribution in [0.2, 0.25) is 0 Å². The lowest BCUT2D eigenvalue weighted by Gasteiger charge is -2.46. The van der Waals surface area contributed by atoms with E-state index >= 15 is 0 Å². The second-order valence-corrected chi connectivity index (χ2v) is 12.2. The Morgan fingerprint density at radius 2 is 1.91 bits per heavy atom. The van der Waals surface area contributed by atoms with Crippen LogP contribution >= 0.6 is 0 Å². The van der Waals surface area contributed by atoms with Crippen molar-refractivity contribution in [3.8, 4) is 11.5 Å². The van der Waals surface area contributed by atoms with Gasteiger partial charge in [0.1, 0.15) is 29.4 Å². The topological polar surface area (TPSA) is 144 Å². The molecule has 2 aromatic heterocycles. The summed E-state index contributed by atoms with van der Waals surface area (Å²) in [4.78, 5) is 27.7. The molecule has 3 N–H and O–H groups in total. The maximum absolute atomic E-state index is 11.8. The summed E-state index contributed by atoms with van der Waals surface area (Å²) in [5, 5.41) is 25.7. The van der Waals surface area contributed by atoms with Crippen LogP contribution in [0.3, 0.4) is 0 Å². The minimum atomic E-state index is -0.944. The zero-order valence-electron chi connectivity index (χ0n) is 26.3. The normalized spacial score (nSPS) is 24.9. The Balaban J connectivity index is 1.24. The van der Waals surface area contributed by atoms with Crippen molar-refractivity contribution in [1.29, 1.82) is 0 Å². The number of aliphatic hydroxyl groups is 2. The number of carbonyl (C=O) groups is 1. The largest absolute Gasteiger partial charge is 0.497 e. The summed E-state index contributed by atoms with van der Waals surface area (Å²) in [6.07, 6.45) is 5.36. The number of aliphatic hydroxyl groups excluding tert-OH is 2. The first-order valence-electron chi connectivity index (χ1n) is 15.6. The highest BCUT2D eigenvalue weighted by atomic mass is 16.5. The third-order valence-corrected chi connectivity index (χ3v) is 9.28. The first-order valence-corrected chi connectivity index (χ1v) is 15.6. The van der Waals surface area contributed by atoms with Gasteiger partial charge in [0.25, 0.3) is 0 Å². The fraction of sp³-hybridized carbons (Fsp3) is 0.625. The molecule has 4 unspecified atom stereocenters. The first-order chi connectivity index (χ1) is 21.2. The van der Waals surface area contributed by atoms with Crippen LogP contribution in [0, 0.1) is 11.8 Å². The van der Waals surface area contributed by atoms with Gasteiger partial charge < -0.3 is 34.3 Å². The average molecular weight is 611 g/mol. The van der Waals surface area contributed by atoms with Gasteiger partial charge in [-0.25, -0.2) is 15.0 Å². The molecule has 2 saturated carbocycles. The minimum Gasteiger partial charge on any atom is -0.497 e. The number of nitrogens with zero attached hydrogens (tertiary/aromatic N) is 5. The van der Waals surface area contributed by atoms with Crippen LogP contribution in [-0.4, -0.2) is 92.3 Å². The van der Waals surface area contributed by atoms with Gasteiger partial charge in [-0.05, 0) is 64.5 Å². The van der Waals surface area contributed by atoms with E-state index in [2.05, 4.69) is 39.0 Å². The van der Waals surface area contributed by atoms with Crippen LogP contribution in [-0.2, 0) is 16.1 Å². The van der Waals surface area contributed by atoms with Crippen molar-refractivity contribution < 1.29 is 29.2 Å². The number of aromatic nitrogens is 4. The molecule has 0 aliphatic heterocycles. The molecule has 2 heterocycles. The average Bonchev–Trinajstić information content (AvgIpc) is 3.55. The second-order valence-electron chi connectivity index (χ2n) is 12.2. The summed E-state index contributed by atoms with van der Waals surface area (Å²) in [5.41, 5.74) is 2.13. The van der Waals surface area contributed by atoms with E-state index < -0.39 is 12.2 Å². The van der Waals surface area contributed by atoms with Gasteiger partial charge in [-0.3, -0.25) is 9.69 Å². The third kappa shape index (κ3) is 6.77. The lowest BCUT2D eigenvalue weighted by Crippen LogP contribution is -2.51. The molecule has 0 bridgehead atoms. The zero-order valence-corrected chi connectivity index (χ0v) is 26.3. The van der Waals surface area contributed by atoms with E-state index in [0.29, 0.717) is 79.0 Å². The summed E-state index contributed by atoms with van der Waals surface area (Å²) in [7, 11) is 3.24. The van der Waals surface area contributed by atoms with Crippen molar-refractivity contribution >= 4 is 23.0 Å². The number of benzene rings is 1. The van der Waals surface area contributed by atoms with E-state index in [1.165, 1.54) is 6.33 Å². The summed E-state index contributed by atoms with van der Waals surface area (Å²) in [6.45, 7) is 7.75. The Hall–Kier alpha value is -3.48. The Labute approximate surface area is 258 Å². The van der Waals surface area contributed by atoms with E-state index in [9.17, 15) is 15.0 Å². The van der Waals surface area contributed by atoms with Crippen LogP contribution in [0.5, 0.6) is 11.5 Å². The maximum atomic E-state index is 11.8. The van der Waals surface area contributed by atoms with Gasteiger partial charge in [-0.1, -0.05) is 0 Å². The third-order valence-electron chi connectivity index (χ3n) is 9.28. The molecular formula is C32H46N6O6. The van der Waals surface area contributed by atoms with Crippen molar-refractivity contribution in [3.05, 3.63) is 36.4 Å². The molecule has 2 fully saturated rings. The van der Waals surface area contributed by atoms with Crippen molar-refractivity contribution in [2.75, 3.05) is 32.7 Å². The number of methoxy groups -OCH3 is 2. The van der Waals surface area contributed by atoms with E-state index in [1.807, 2.05) is 29.7 Å². The molecule has 240 valence electrons. The molecular weight excluding hydrogens is 564 g/mol. The van der Waals surface area contributed by atoms with Gasteiger partial charge in [0.15, 0.2) is 11.5 Å². The number of fused-ring (bicyclic) bond motifs is 1. The zero-order chi connectivity index (χ0) is 31.4. The number of esters is 1. The maximum Gasteiger partial charge on any atom is 0.305 e. The Kier molecular flexibility index (Phi) is 10.2. The molecule has 0 saturated heterocycles. The number of ether oxygens (including phenoxy) is 3. The molecule has 12 nitrogen and oxygen atoms in total. The highest BCUT2D eigenvalue weighted by Crippen LogP contribution is 2.41. The van der Waals surface area contributed by atoms with Crippen LogP contribution in [0.1, 0.15) is 64.5 Å². The van der Waals surface area contributed by atoms with Gasteiger partial charge in [0, 0.05) is 49.1 Å². The smallest absolute Gasteiger partial charge is 0.305 e. The van der Waals surface area contributed by atoms with E-state index in [0.717, 1.165) is 24.8 Å². The number of hydrogen-bond acceptors (Lipinski definition) is 11. The molecule has 0 amide bonds. The molecule has 4 atom stereocenters. The number of carbonyl (C=O) groups excluding carboxylic acids is 1. The fourth-order valence-corrected chi connectivity index (χ4v) is 6.77. The van der Waals surface area contributed by atoms with Crippen molar-refractivity contribution in [3.63, 3.8) is 0 Å². The molecule has 3 aromatic rings. The van der Waals surface area contributed by atoms with Gasteiger partial charge >= 0.3 is 5.97 Å². The number of hydrogen-bond donors (Lipinski definition) is 3. The monoisotopic (exact) mass is 610 g/mol. The SMILES string of the molecule is CCOC(=O)CCC1CC(N(CC2CC(n3cnc4c(NCc5ccc(OC)cc5OC)ncnc43)C(O)C2O)C(C)C)C1.